The lowest BCUT2D eigenvalue weighted by Crippen LogP contribution is -2.38. The number of amides is 2. The van der Waals surface area contributed by atoms with Crippen LogP contribution in [0.1, 0.15) is 42.6 Å². The van der Waals surface area contributed by atoms with E-state index < -0.39 is 0 Å². The first-order valence-electron chi connectivity index (χ1n) is 11.9. The molecule has 0 unspecified atom stereocenters. The Morgan fingerprint density at radius 3 is 2.42 bits per heavy atom. The highest BCUT2D eigenvalue weighted by Gasteiger charge is 2.26. The van der Waals surface area contributed by atoms with Crippen molar-refractivity contribution in [3.8, 4) is 0 Å². The molecule has 5 nitrogen and oxygen atoms in total. The van der Waals surface area contributed by atoms with Gasteiger partial charge >= 0.3 is 0 Å². The van der Waals surface area contributed by atoms with Crippen molar-refractivity contribution in [3.05, 3.63) is 77.9 Å². The van der Waals surface area contributed by atoms with Crippen LogP contribution in [0.2, 0.25) is 0 Å². The normalized spacial score (nSPS) is 15.0. The molecular weight excluding hydrogens is 410 g/mol. The molecule has 2 N–H and O–H groups in total. The molecule has 0 atom stereocenters. The third-order valence-corrected chi connectivity index (χ3v) is 6.33. The van der Waals surface area contributed by atoms with Gasteiger partial charge in [0.25, 0.3) is 5.91 Å². The maximum Gasteiger partial charge on any atom is 0.253 e. The van der Waals surface area contributed by atoms with E-state index in [1.54, 1.807) is 12.1 Å². The van der Waals surface area contributed by atoms with Crippen molar-refractivity contribution in [2.24, 2.45) is 11.8 Å². The summed E-state index contributed by atoms with van der Waals surface area (Å²) in [7, 11) is 0. The van der Waals surface area contributed by atoms with E-state index in [1.807, 2.05) is 12.1 Å². The second kappa shape index (κ2) is 10.6. The fourth-order valence-electron chi connectivity index (χ4n) is 4.44. The number of piperidine rings is 1. The van der Waals surface area contributed by atoms with Crippen LogP contribution in [-0.2, 0) is 11.3 Å². The lowest BCUT2D eigenvalue weighted by molar-refractivity contribution is -0.121. The number of anilines is 1. The lowest BCUT2D eigenvalue weighted by Gasteiger charge is -2.31. The summed E-state index contributed by atoms with van der Waals surface area (Å²) in [5, 5.41) is 8.52. The zero-order valence-electron chi connectivity index (χ0n) is 19.5. The predicted octanol–water partition coefficient (Wildman–Crippen LogP) is 5.08. The molecular formula is C28H33N3O2. The first kappa shape index (κ1) is 23.0. The van der Waals surface area contributed by atoms with Gasteiger partial charge < -0.3 is 10.6 Å². The Hall–Kier alpha value is -3.18. The molecule has 5 heteroatoms. The average Bonchev–Trinajstić information content (AvgIpc) is 2.83. The molecule has 3 aromatic rings. The maximum absolute atomic E-state index is 13.0. The number of hydrogen-bond acceptors (Lipinski definition) is 3. The maximum atomic E-state index is 13.0. The van der Waals surface area contributed by atoms with Gasteiger partial charge in [0.15, 0.2) is 0 Å². The predicted molar refractivity (Wildman–Crippen MR) is 134 cm³/mol. The van der Waals surface area contributed by atoms with E-state index in [-0.39, 0.29) is 17.7 Å². The first-order valence-corrected chi connectivity index (χ1v) is 11.9. The van der Waals surface area contributed by atoms with Gasteiger partial charge in [0.05, 0.1) is 11.3 Å². The Morgan fingerprint density at radius 1 is 0.939 bits per heavy atom. The highest BCUT2D eigenvalue weighted by molar-refractivity contribution is 6.04. The van der Waals surface area contributed by atoms with Gasteiger partial charge in [-0.3, -0.25) is 14.5 Å². The summed E-state index contributed by atoms with van der Waals surface area (Å²) in [6.45, 7) is 7.39. The summed E-state index contributed by atoms with van der Waals surface area (Å²) in [5.74, 6) is 0.184. The van der Waals surface area contributed by atoms with Gasteiger partial charge in [-0.05, 0) is 60.3 Å². The lowest BCUT2D eigenvalue weighted by atomic mass is 9.94. The van der Waals surface area contributed by atoms with E-state index in [4.69, 9.17) is 0 Å². The minimum Gasteiger partial charge on any atom is -0.352 e. The molecule has 3 aromatic carbocycles. The largest absolute Gasteiger partial charge is 0.352 e. The molecule has 1 aliphatic heterocycles. The minimum absolute atomic E-state index is 0.00363. The van der Waals surface area contributed by atoms with E-state index in [0.717, 1.165) is 32.5 Å². The van der Waals surface area contributed by atoms with E-state index >= 15 is 0 Å². The number of hydrogen-bond donors (Lipinski definition) is 2. The highest BCUT2D eigenvalue weighted by atomic mass is 16.2. The zero-order valence-corrected chi connectivity index (χ0v) is 19.5. The summed E-state index contributed by atoms with van der Waals surface area (Å²) in [4.78, 5) is 28.0. The van der Waals surface area contributed by atoms with Crippen molar-refractivity contribution in [1.29, 1.82) is 0 Å². The van der Waals surface area contributed by atoms with Gasteiger partial charge in [0.1, 0.15) is 0 Å². The standard InChI is InChI=1S/C28H33N3O2/c1-20(2)18-29-28(33)25-12-5-6-13-26(25)30-27(32)22-14-16-31(17-15-22)19-23-10-7-9-21-8-3-4-11-24(21)23/h3-13,20,22H,14-19H2,1-2H3,(H,29,33)(H,30,32). The Bertz CT molecular complexity index is 1110. The third kappa shape index (κ3) is 5.79. The van der Waals surface area contributed by atoms with Gasteiger partial charge in [0, 0.05) is 19.0 Å². The number of nitrogens with zero attached hydrogens (tertiary/aromatic N) is 1. The van der Waals surface area contributed by atoms with Crippen LogP contribution in [-0.4, -0.2) is 36.3 Å². The van der Waals surface area contributed by atoms with Crippen molar-refractivity contribution < 1.29 is 9.59 Å². The summed E-state index contributed by atoms with van der Waals surface area (Å²) >= 11 is 0. The number of likely N-dealkylation sites (tertiary alicyclic amines) is 1. The number of carbonyl (C=O) groups excluding carboxylic acids is 2. The van der Waals surface area contributed by atoms with Crippen LogP contribution in [0.25, 0.3) is 10.8 Å². The molecule has 172 valence electrons. The van der Waals surface area contributed by atoms with Crippen LogP contribution in [0.3, 0.4) is 0 Å². The van der Waals surface area contributed by atoms with Crippen LogP contribution in [0.15, 0.2) is 66.7 Å². The average molecular weight is 444 g/mol. The zero-order chi connectivity index (χ0) is 23.2. The number of para-hydroxylation sites is 1. The summed E-state index contributed by atoms with van der Waals surface area (Å²) in [5.41, 5.74) is 2.43. The molecule has 0 aromatic heterocycles. The summed E-state index contributed by atoms with van der Waals surface area (Å²) in [6, 6.07) is 22.2. The van der Waals surface area contributed by atoms with Gasteiger partial charge in [-0.1, -0.05) is 68.4 Å². The van der Waals surface area contributed by atoms with Gasteiger partial charge in [-0.2, -0.15) is 0 Å². The minimum atomic E-state index is -0.149. The summed E-state index contributed by atoms with van der Waals surface area (Å²) in [6.07, 6.45) is 1.64. The Kier molecular flexibility index (Phi) is 7.40. The first-order chi connectivity index (χ1) is 16.0. The molecule has 4 rings (SSSR count). The van der Waals surface area contributed by atoms with E-state index in [1.165, 1.54) is 16.3 Å². The molecule has 1 fully saturated rings. The molecule has 0 saturated carbocycles. The van der Waals surface area contributed by atoms with Gasteiger partial charge in [-0.15, -0.1) is 0 Å². The van der Waals surface area contributed by atoms with E-state index in [9.17, 15) is 9.59 Å². The van der Waals surface area contributed by atoms with Gasteiger partial charge in [0.2, 0.25) is 5.91 Å². The van der Waals surface area contributed by atoms with Crippen molar-refractivity contribution in [2.75, 3.05) is 25.0 Å². The molecule has 0 radical (unpaired) electrons. The Morgan fingerprint density at radius 2 is 1.64 bits per heavy atom. The topological polar surface area (TPSA) is 61.4 Å². The molecule has 0 aliphatic carbocycles. The fraction of sp³-hybridized carbons (Fsp3) is 0.357. The Balaban J connectivity index is 1.34. The van der Waals surface area contributed by atoms with Crippen LogP contribution >= 0.6 is 0 Å². The fourth-order valence-corrected chi connectivity index (χ4v) is 4.44. The van der Waals surface area contributed by atoms with Gasteiger partial charge in [-0.25, -0.2) is 0 Å². The molecule has 33 heavy (non-hydrogen) atoms. The second-order valence-corrected chi connectivity index (χ2v) is 9.33. The molecule has 0 spiro atoms. The van der Waals surface area contributed by atoms with E-state index in [2.05, 4.69) is 71.8 Å². The second-order valence-electron chi connectivity index (χ2n) is 9.33. The van der Waals surface area contributed by atoms with Crippen molar-refractivity contribution >= 4 is 28.3 Å². The SMILES string of the molecule is CC(C)CNC(=O)c1ccccc1NC(=O)C1CCN(Cc2cccc3ccccc23)CC1. The Labute approximate surface area is 196 Å². The molecule has 2 amide bonds. The number of rotatable bonds is 7. The molecule has 1 aliphatic rings. The third-order valence-electron chi connectivity index (χ3n) is 6.33. The number of nitrogens with one attached hydrogen (secondary N) is 2. The van der Waals surface area contributed by atoms with Crippen LogP contribution in [0.5, 0.6) is 0 Å². The van der Waals surface area contributed by atoms with Crippen molar-refractivity contribution in [3.63, 3.8) is 0 Å². The van der Waals surface area contributed by atoms with Crippen molar-refractivity contribution in [2.45, 2.75) is 33.2 Å². The number of fused-ring (bicyclic) bond motifs is 1. The quantitative estimate of drug-likeness (QED) is 0.536. The van der Waals surface area contributed by atoms with Crippen molar-refractivity contribution in [1.82, 2.24) is 10.2 Å². The number of benzene rings is 3. The highest BCUT2D eigenvalue weighted by Crippen LogP contribution is 2.25. The molecule has 0 bridgehead atoms. The van der Waals surface area contributed by atoms with Crippen LogP contribution in [0.4, 0.5) is 5.69 Å². The van der Waals surface area contributed by atoms with Crippen LogP contribution in [0, 0.1) is 11.8 Å². The summed E-state index contributed by atoms with van der Waals surface area (Å²) < 4.78 is 0. The smallest absolute Gasteiger partial charge is 0.253 e. The monoisotopic (exact) mass is 443 g/mol. The molecule has 1 heterocycles. The number of carbonyl (C=O) groups is 2. The van der Waals surface area contributed by atoms with E-state index in [0.29, 0.717) is 23.7 Å². The molecule has 1 saturated heterocycles. The van der Waals surface area contributed by atoms with Crippen LogP contribution < -0.4 is 10.6 Å².